The maximum Gasteiger partial charge on any atom is 0.341 e. The van der Waals surface area contributed by atoms with Crippen molar-refractivity contribution in [1.82, 2.24) is 0 Å². The van der Waals surface area contributed by atoms with Gasteiger partial charge in [0.25, 0.3) is 0 Å². The van der Waals surface area contributed by atoms with E-state index in [0.29, 0.717) is 12.0 Å². The van der Waals surface area contributed by atoms with Gasteiger partial charge in [-0.1, -0.05) is 6.92 Å². The van der Waals surface area contributed by atoms with Crippen LogP contribution in [0.25, 0.3) is 0 Å². The second kappa shape index (κ2) is 6.75. The SMILES string of the molecule is CCc1cc2c(c(OC)c1C(=O)OC)C(=O)c1c(O)cc(OC)cc1C2=O. The number of phenols is 1. The fourth-order valence-electron chi connectivity index (χ4n) is 3.33. The molecule has 0 spiro atoms. The Morgan fingerprint density at radius 2 is 1.63 bits per heavy atom. The Labute approximate surface area is 155 Å². The highest BCUT2D eigenvalue weighted by Gasteiger charge is 2.38. The molecule has 0 saturated heterocycles. The van der Waals surface area contributed by atoms with Gasteiger partial charge in [-0.2, -0.15) is 0 Å². The van der Waals surface area contributed by atoms with Gasteiger partial charge < -0.3 is 19.3 Å². The summed E-state index contributed by atoms with van der Waals surface area (Å²) in [5.74, 6) is -1.89. The number of ether oxygens (including phenoxy) is 3. The Hall–Kier alpha value is -3.35. The zero-order chi connectivity index (χ0) is 19.9. The molecule has 0 fully saturated rings. The Bertz CT molecular complexity index is 989. The van der Waals surface area contributed by atoms with Crippen LogP contribution in [0.1, 0.15) is 54.7 Å². The third kappa shape index (κ3) is 2.63. The molecule has 0 aliphatic heterocycles. The van der Waals surface area contributed by atoms with Crippen LogP contribution in [0.5, 0.6) is 17.2 Å². The molecule has 2 aromatic rings. The van der Waals surface area contributed by atoms with E-state index in [0.717, 1.165) is 0 Å². The van der Waals surface area contributed by atoms with Gasteiger partial charge in [0, 0.05) is 17.2 Å². The Kier molecular flexibility index (Phi) is 4.61. The summed E-state index contributed by atoms with van der Waals surface area (Å²) in [6.07, 6.45) is 0.422. The molecule has 0 amide bonds. The van der Waals surface area contributed by atoms with Crippen molar-refractivity contribution in [2.75, 3.05) is 21.3 Å². The number of fused-ring (bicyclic) bond motifs is 2. The molecule has 0 radical (unpaired) electrons. The number of hydrogen-bond acceptors (Lipinski definition) is 7. The second-order valence-corrected chi connectivity index (χ2v) is 5.94. The second-order valence-electron chi connectivity index (χ2n) is 5.94. The number of phenolic OH excluding ortho intramolecular Hbond substituents is 1. The molecule has 7 nitrogen and oxygen atoms in total. The molecule has 1 aliphatic carbocycles. The number of rotatable bonds is 4. The van der Waals surface area contributed by atoms with Crippen LogP contribution in [0, 0.1) is 0 Å². The summed E-state index contributed by atoms with van der Waals surface area (Å²) < 4.78 is 15.2. The smallest absolute Gasteiger partial charge is 0.341 e. The van der Waals surface area contributed by atoms with E-state index in [4.69, 9.17) is 14.2 Å². The van der Waals surface area contributed by atoms with E-state index < -0.39 is 17.5 Å². The molecule has 0 aromatic heterocycles. The number of methoxy groups -OCH3 is 3. The minimum atomic E-state index is -0.670. The van der Waals surface area contributed by atoms with Crippen molar-refractivity contribution >= 4 is 17.5 Å². The van der Waals surface area contributed by atoms with E-state index in [2.05, 4.69) is 0 Å². The first-order valence-corrected chi connectivity index (χ1v) is 8.22. The molecule has 2 aromatic carbocycles. The van der Waals surface area contributed by atoms with Crippen LogP contribution < -0.4 is 9.47 Å². The van der Waals surface area contributed by atoms with Gasteiger partial charge in [0.05, 0.1) is 32.5 Å². The summed E-state index contributed by atoms with van der Waals surface area (Å²) in [5, 5.41) is 10.3. The van der Waals surface area contributed by atoms with Crippen LogP contribution in [0.3, 0.4) is 0 Å². The van der Waals surface area contributed by atoms with Crippen LogP contribution in [-0.4, -0.2) is 44.0 Å². The lowest BCUT2D eigenvalue weighted by Gasteiger charge is -2.23. The zero-order valence-electron chi connectivity index (χ0n) is 15.3. The van der Waals surface area contributed by atoms with Gasteiger partial charge in [-0.15, -0.1) is 0 Å². The number of carbonyl (C=O) groups excluding carboxylic acids is 3. The predicted molar refractivity (Wildman–Crippen MR) is 95.2 cm³/mol. The first-order chi connectivity index (χ1) is 12.9. The molecule has 0 unspecified atom stereocenters. The van der Waals surface area contributed by atoms with Crippen LogP contribution in [0.15, 0.2) is 18.2 Å². The molecular weight excluding hydrogens is 352 g/mol. The van der Waals surface area contributed by atoms with E-state index in [-0.39, 0.29) is 45.1 Å². The number of benzene rings is 2. The molecule has 1 N–H and O–H groups in total. The van der Waals surface area contributed by atoms with Crippen LogP contribution >= 0.6 is 0 Å². The average molecular weight is 370 g/mol. The number of aryl methyl sites for hydroxylation is 1. The molecule has 140 valence electrons. The van der Waals surface area contributed by atoms with Crippen molar-refractivity contribution in [3.05, 3.63) is 51.6 Å². The van der Waals surface area contributed by atoms with Crippen LogP contribution in [-0.2, 0) is 11.2 Å². The zero-order valence-corrected chi connectivity index (χ0v) is 15.3. The summed E-state index contributed by atoms with van der Waals surface area (Å²) in [4.78, 5) is 38.5. The van der Waals surface area contributed by atoms with Crippen LogP contribution in [0.4, 0.5) is 0 Å². The number of hydrogen-bond donors (Lipinski definition) is 1. The Morgan fingerprint density at radius 3 is 2.19 bits per heavy atom. The van der Waals surface area contributed by atoms with Crippen molar-refractivity contribution in [3.63, 3.8) is 0 Å². The maximum atomic E-state index is 13.1. The predicted octanol–water partition coefficient (Wildman–Crippen LogP) is 2.53. The highest BCUT2D eigenvalue weighted by Crippen LogP contribution is 2.41. The average Bonchev–Trinajstić information content (AvgIpc) is 2.68. The lowest BCUT2D eigenvalue weighted by Crippen LogP contribution is -2.24. The number of aromatic hydroxyl groups is 1. The molecular formula is C20H18O7. The molecule has 3 rings (SSSR count). The van der Waals surface area contributed by atoms with Gasteiger partial charge in [0.2, 0.25) is 5.78 Å². The minimum absolute atomic E-state index is 0.0320. The first kappa shape index (κ1) is 18.4. The van der Waals surface area contributed by atoms with Gasteiger partial charge >= 0.3 is 5.97 Å². The maximum absolute atomic E-state index is 13.1. The van der Waals surface area contributed by atoms with Gasteiger partial charge in [0.15, 0.2) is 5.78 Å². The summed E-state index contributed by atoms with van der Waals surface area (Å²) >= 11 is 0. The molecule has 1 aliphatic rings. The number of ketones is 2. The number of carbonyl (C=O) groups is 3. The van der Waals surface area contributed by atoms with Gasteiger partial charge in [0.1, 0.15) is 22.8 Å². The standard InChI is InChI=1S/C20H18O7/c1-5-9-6-11-16(19(26-3)14(9)20(24)27-4)18(23)15-12(17(11)22)7-10(25-2)8-13(15)21/h6-8,21H,5H2,1-4H3. The van der Waals surface area contributed by atoms with Gasteiger partial charge in [-0.3, -0.25) is 9.59 Å². The topological polar surface area (TPSA) is 99.1 Å². The summed E-state index contributed by atoms with van der Waals surface area (Å²) in [7, 11) is 3.93. The fourth-order valence-corrected chi connectivity index (χ4v) is 3.33. The van der Waals surface area contributed by atoms with Crippen molar-refractivity contribution in [1.29, 1.82) is 0 Å². The van der Waals surface area contributed by atoms with E-state index in [9.17, 15) is 19.5 Å². The summed E-state index contributed by atoms with van der Waals surface area (Å²) in [6.45, 7) is 1.81. The van der Waals surface area contributed by atoms with E-state index in [1.54, 1.807) is 0 Å². The number of esters is 1. The van der Waals surface area contributed by atoms with Gasteiger partial charge in [-0.25, -0.2) is 4.79 Å². The molecule has 27 heavy (non-hydrogen) atoms. The molecule has 0 bridgehead atoms. The van der Waals surface area contributed by atoms with Crippen molar-refractivity contribution in [2.45, 2.75) is 13.3 Å². The lowest BCUT2D eigenvalue weighted by molar-refractivity contribution is 0.0595. The third-order valence-corrected chi connectivity index (χ3v) is 4.61. The molecule has 0 atom stereocenters. The normalized spacial score (nSPS) is 12.3. The van der Waals surface area contributed by atoms with E-state index >= 15 is 0 Å². The largest absolute Gasteiger partial charge is 0.507 e. The van der Waals surface area contributed by atoms with Crippen molar-refractivity contribution in [3.8, 4) is 17.2 Å². The lowest BCUT2D eigenvalue weighted by atomic mass is 9.80. The monoisotopic (exact) mass is 370 g/mol. The fraction of sp³-hybridized carbons (Fsp3) is 0.250. The minimum Gasteiger partial charge on any atom is -0.507 e. The van der Waals surface area contributed by atoms with Crippen LogP contribution in [0.2, 0.25) is 0 Å². The highest BCUT2D eigenvalue weighted by molar-refractivity contribution is 6.31. The molecule has 0 saturated carbocycles. The van der Waals surface area contributed by atoms with Crippen molar-refractivity contribution in [2.24, 2.45) is 0 Å². The van der Waals surface area contributed by atoms with E-state index in [1.165, 1.54) is 39.5 Å². The van der Waals surface area contributed by atoms with Gasteiger partial charge in [-0.05, 0) is 24.1 Å². The first-order valence-electron chi connectivity index (χ1n) is 8.22. The third-order valence-electron chi connectivity index (χ3n) is 4.61. The molecule has 0 heterocycles. The quantitative estimate of drug-likeness (QED) is 0.705. The summed E-state index contributed by atoms with van der Waals surface area (Å²) in [5.41, 5.74) is 0.563. The molecule has 7 heteroatoms. The van der Waals surface area contributed by atoms with Crippen molar-refractivity contribution < 1.29 is 33.7 Å². The highest BCUT2D eigenvalue weighted by atomic mass is 16.5. The Morgan fingerprint density at radius 1 is 0.963 bits per heavy atom. The van der Waals surface area contributed by atoms with E-state index in [1.807, 2.05) is 6.92 Å². The Balaban J connectivity index is 2.39. The summed E-state index contributed by atoms with van der Waals surface area (Å²) in [6, 6.07) is 4.16.